The van der Waals surface area contributed by atoms with Gasteiger partial charge in [0.25, 0.3) is 0 Å². The number of aromatic nitrogens is 1. The highest BCUT2D eigenvalue weighted by atomic mass is 19.1. The molecule has 0 bridgehead atoms. The number of benzene rings is 2. The van der Waals surface area contributed by atoms with E-state index < -0.39 is 6.10 Å². The van der Waals surface area contributed by atoms with Crippen LogP contribution < -0.4 is 0 Å². The molecule has 1 N–H and O–H groups in total. The topological polar surface area (TPSA) is 37.6 Å². The fourth-order valence-electron chi connectivity index (χ4n) is 3.43. The first kappa shape index (κ1) is 22.0. The Morgan fingerprint density at radius 1 is 1.00 bits per heavy atom. The Labute approximate surface area is 177 Å². The summed E-state index contributed by atoms with van der Waals surface area (Å²) in [5, 5.41) is 10.4. The van der Waals surface area contributed by atoms with Crippen LogP contribution in [0.2, 0.25) is 0 Å². The van der Waals surface area contributed by atoms with E-state index in [-0.39, 0.29) is 12.4 Å². The molecule has 0 aliphatic heterocycles. The number of ether oxygens (including phenoxy) is 1. The lowest BCUT2D eigenvalue weighted by molar-refractivity contribution is 0.0224. The summed E-state index contributed by atoms with van der Waals surface area (Å²) in [6.07, 6.45) is 3.12. The summed E-state index contributed by atoms with van der Waals surface area (Å²) in [6.45, 7) is 6.90. The largest absolute Gasteiger partial charge is 0.389 e. The average molecular weight is 409 g/mol. The SMILES string of the molecule is C=CCOC[C@H](O)CN(Cc1ccccc1)Cc1cccn1Cc1ccc(F)cc1. The zero-order chi connectivity index (χ0) is 21.2. The van der Waals surface area contributed by atoms with Gasteiger partial charge in [-0.25, -0.2) is 4.39 Å². The number of halogens is 1. The van der Waals surface area contributed by atoms with Crippen molar-refractivity contribution in [2.75, 3.05) is 19.8 Å². The summed E-state index contributed by atoms with van der Waals surface area (Å²) in [7, 11) is 0. The number of aliphatic hydroxyl groups excluding tert-OH is 1. The highest BCUT2D eigenvalue weighted by molar-refractivity contribution is 5.19. The van der Waals surface area contributed by atoms with Crippen molar-refractivity contribution in [3.63, 3.8) is 0 Å². The van der Waals surface area contributed by atoms with Gasteiger partial charge in [-0.05, 0) is 35.4 Å². The molecule has 0 amide bonds. The van der Waals surface area contributed by atoms with Crippen molar-refractivity contribution in [3.05, 3.63) is 108 Å². The van der Waals surface area contributed by atoms with E-state index in [2.05, 4.69) is 34.2 Å². The van der Waals surface area contributed by atoms with Crippen LogP contribution in [0.1, 0.15) is 16.8 Å². The molecule has 1 heterocycles. The monoisotopic (exact) mass is 408 g/mol. The third-order valence-electron chi connectivity index (χ3n) is 4.84. The fraction of sp³-hybridized carbons (Fsp3) is 0.280. The van der Waals surface area contributed by atoms with Gasteiger partial charge in [0.2, 0.25) is 0 Å². The van der Waals surface area contributed by atoms with Crippen LogP contribution in [0.3, 0.4) is 0 Å². The normalized spacial score (nSPS) is 12.2. The summed E-state index contributed by atoms with van der Waals surface area (Å²) < 4.78 is 20.8. The van der Waals surface area contributed by atoms with Gasteiger partial charge in [-0.3, -0.25) is 4.90 Å². The van der Waals surface area contributed by atoms with Crippen LogP contribution >= 0.6 is 0 Å². The molecule has 1 atom stereocenters. The maximum Gasteiger partial charge on any atom is 0.123 e. The Morgan fingerprint density at radius 2 is 1.77 bits per heavy atom. The van der Waals surface area contributed by atoms with E-state index >= 15 is 0 Å². The molecule has 5 heteroatoms. The molecule has 0 unspecified atom stereocenters. The van der Waals surface area contributed by atoms with E-state index in [9.17, 15) is 9.50 Å². The van der Waals surface area contributed by atoms with Gasteiger partial charge >= 0.3 is 0 Å². The molecule has 3 aromatic rings. The summed E-state index contributed by atoms with van der Waals surface area (Å²) in [5.74, 6) is -0.229. The van der Waals surface area contributed by atoms with Crippen molar-refractivity contribution in [3.8, 4) is 0 Å². The van der Waals surface area contributed by atoms with Crippen LogP contribution in [0.5, 0.6) is 0 Å². The van der Waals surface area contributed by atoms with Crippen LogP contribution in [0.15, 0.2) is 85.6 Å². The lowest BCUT2D eigenvalue weighted by Gasteiger charge is -2.26. The second kappa shape index (κ2) is 11.5. The quantitative estimate of drug-likeness (QED) is 0.360. The van der Waals surface area contributed by atoms with Crippen LogP contribution in [0.25, 0.3) is 0 Å². The molecule has 4 nitrogen and oxygen atoms in total. The van der Waals surface area contributed by atoms with E-state index in [0.29, 0.717) is 26.2 Å². The Bertz CT molecular complexity index is 893. The van der Waals surface area contributed by atoms with E-state index in [1.54, 1.807) is 6.08 Å². The van der Waals surface area contributed by atoms with Crippen molar-refractivity contribution in [1.82, 2.24) is 9.47 Å². The van der Waals surface area contributed by atoms with Crippen molar-refractivity contribution in [2.45, 2.75) is 25.7 Å². The molecule has 1 aromatic heterocycles. The zero-order valence-corrected chi connectivity index (χ0v) is 17.2. The summed E-state index contributed by atoms with van der Waals surface area (Å²) >= 11 is 0. The van der Waals surface area contributed by atoms with E-state index in [0.717, 1.165) is 17.8 Å². The minimum atomic E-state index is -0.589. The van der Waals surface area contributed by atoms with E-state index in [1.165, 1.54) is 17.7 Å². The van der Waals surface area contributed by atoms with Crippen molar-refractivity contribution in [1.29, 1.82) is 0 Å². The van der Waals surface area contributed by atoms with Gasteiger partial charge in [-0.1, -0.05) is 48.5 Å². The maximum absolute atomic E-state index is 13.2. The molecule has 0 fully saturated rings. The standard InChI is InChI=1S/C25H29FN2O2/c1-2-15-30-20-25(29)19-27(16-21-7-4-3-5-8-21)18-24-9-6-14-28(24)17-22-10-12-23(26)13-11-22/h2-14,25,29H,1,15-20H2/t25-/m1/s1. The first-order valence-electron chi connectivity index (χ1n) is 10.2. The molecule has 0 radical (unpaired) electrons. The van der Waals surface area contributed by atoms with Gasteiger partial charge < -0.3 is 14.4 Å². The Morgan fingerprint density at radius 3 is 2.50 bits per heavy atom. The smallest absolute Gasteiger partial charge is 0.123 e. The van der Waals surface area contributed by atoms with Gasteiger partial charge in [-0.2, -0.15) is 0 Å². The minimum Gasteiger partial charge on any atom is -0.389 e. The molecule has 0 saturated heterocycles. The lowest BCUT2D eigenvalue weighted by atomic mass is 10.2. The number of nitrogens with zero attached hydrogens (tertiary/aromatic N) is 2. The Hall–Kier alpha value is -2.73. The predicted octanol–water partition coefficient (Wildman–Crippen LogP) is 4.24. The van der Waals surface area contributed by atoms with Crippen LogP contribution in [-0.2, 0) is 24.4 Å². The van der Waals surface area contributed by atoms with E-state index in [4.69, 9.17) is 4.74 Å². The summed E-state index contributed by atoms with van der Waals surface area (Å²) in [5.41, 5.74) is 3.36. The van der Waals surface area contributed by atoms with Crippen molar-refractivity contribution < 1.29 is 14.2 Å². The second-order valence-corrected chi connectivity index (χ2v) is 7.39. The molecule has 0 spiro atoms. The highest BCUT2D eigenvalue weighted by Gasteiger charge is 2.15. The van der Waals surface area contributed by atoms with Crippen LogP contribution in [-0.4, -0.2) is 40.4 Å². The number of aliphatic hydroxyl groups is 1. The molecule has 3 rings (SSSR count). The summed E-state index contributed by atoms with van der Waals surface area (Å²) in [6, 6.07) is 20.9. The molecule has 0 aliphatic rings. The average Bonchev–Trinajstić information content (AvgIpc) is 3.17. The van der Waals surface area contributed by atoms with Gasteiger partial charge in [0.05, 0.1) is 19.3 Å². The lowest BCUT2D eigenvalue weighted by Crippen LogP contribution is -2.35. The molecule has 158 valence electrons. The summed E-state index contributed by atoms with van der Waals surface area (Å²) in [4.78, 5) is 2.22. The first-order chi connectivity index (χ1) is 14.6. The van der Waals surface area contributed by atoms with Crippen LogP contribution in [0.4, 0.5) is 4.39 Å². The zero-order valence-electron chi connectivity index (χ0n) is 17.2. The minimum absolute atomic E-state index is 0.229. The predicted molar refractivity (Wildman–Crippen MR) is 118 cm³/mol. The fourth-order valence-corrected chi connectivity index (χ4v) is 3.43. The molecule has 0 saturated carbocycles. The second-order valence-electron chi connectivity index (χ2n) is 7.39. The van der Waals surface area contributed by atoms with Crippen LogP contribution in [0, 0.1) is 5.82 Å². The van der Waals surface area contributed by atoms with Crippen molar-refractivity contribution in [2.24, 2.45) is 0 Å². The first-order valence-corrected chi connectivity index (χ1v) is 10.2. The van der Waals surface area contributed by atoms with Gasteiger partial charge in [-0.15, -0.1) is 6.58 Å². The highest BCUT2D eigenvalue weighted by Crippen LogP contribution is 2.14. The van der Waals surface area contributed by atoms with Crippen molar-refractivity contribution >= 4 is 0 Å². The molecule has 2 aromatic carbocycles. The Balaban J connectivity index is 1.69. The third kappa shape index (κ3) is 6.95. The number of rotatable bonds is 12. The van der Waals surface area contributed by atoms with E-state index in [1.807, 2.05) is 42.6 Å². The third-order valence-corrected chi connectivity index (χ3v) is 4.84. The maximum atomic E-state index is 13.2. The van der Waals surface area contributed by atoms with Gasteiger partial charge in [0.1, 0.15) is 5.82 Å². The van der Waals surface area contributed by atoms with Gasteiger partial charge in [0.15, 0.2) is 0 Å². The molecular formula is C25H29FN2O2. The number of hydrogen-bond donors (Lipinski definition) is 1. The Kier molecular flexibility index (Phi) is 8.39. The molecule has 0 aliphatic carbocycles. The number of hydrogen-bond acceptors (Lipinski definition) is 3. The molecular weight excluding hydrogens is 379 g/mol. The van der Waals surface area contributed by atoms with Gasteiger partial charge in [0, 0.05) is 38.1 Å². The molecule has 30 heavy (non-hydrogen) atoms.